The molecule has 0 unspecified atom stereocenters. The lowest BCUT2D eigenvalue weighted by atomic mass is 10.1. The predicted octanol–water partition coefficient (Wildman–Crippen LogP) is 5.00. The molecule has 0 spiro atoms. The van der Waals surface area contributed by atoms with Gasteiger partial charge in [-0.3, -0.25) is 9.59 Å². The molecule has 0 saturated carbocycles. The van der Waals surface area contributed by atoms with Crippen molar-refractivity contribution in [3.63, 3.8) is 0 Å². The second-order valence-corrected chi connectivity index (χ2v) is 13.6. The monoisotopic (exact) mass is 664 g/mol. The van der Waals surface area contributed by atoms with Crippen molar-refractivity contribution in [2.45, 2.75) is 37.5 Å². The van der Waals surface area contributed by atoms with E-state index < -0.39 is 31.9 Å². The van der Waals surface area contributed by atoms with Crippen molar-refractivity contribution in [1.82, 2.24) is 10.3 Å². The number of benzene rings is 3. The standard InChI is InChI=1S/C30H28N6O8S2/c1-17-19(3)33-43-29(17)35-45(39,40)25-12-8-23(9-13-25)31-27(37)21-6-5-7-22(16-21)28(38)32-24-10-14-26(15-11-24)46(41,42)36-30-18(2)20(4)34-44-30/h5-16,35-36H,1-4H3,(H,31,37)(H,32,38). The van der Waals surface area contributed by atoms with Crippen molar-refractivity contribution in [1.29, 1.82) is 0 Å². The van der Waals surface area contributed by atoms with Gasteiger partial charge >= 0.3 is 0 Å². The first kappa shape index (κ1) is 31.9. The van der Waals surface area contributed by atoms with Crippen molar-refractivity contribution < 1.29 is 35.5 Å². The van der Waals surface area contributed by atoms with Crippen LogP contribution in [0.25, 0.3) is 0 Å². The molecule has 2 amide bonds. The van der Waals surface area contributed by atoms with Crippen LogP contribution in [0.15, 0.2) is 91.6 Å². The van der Waals surface area contributed by atoms with Gasteiger partial charge in [-0.05, 0) is 94.4 Å². The number of carbonyl (C=O) groups is 2. The van der Waals surface area contributed by atoms with Gasteiger partial charge in [-0.1, -0.05) is 16.4 Å². The zero-order chi connectivity index (χ0) is 33.2. The summed E-state index contributed by atoms with van der Waals surface area (Å²) in [6, 6.07) is 16.9. The Kier molecular flexibility index (Phi) is 8.67. The highest BCUT2D eigenvalue weighted by Crippen LogP contribution is 2.24. The lowest BCUT2D eigenvalue weighted by Gasteiger charge is -2.10. The maximum absolute atomic E-state index is 12.9. The second-order valence-electron chi connectivity index (χ2n) is 10.2. The minimum Gasteiger partial charge on any atom is -0.337 e. The van der Waals surface area contributed by atoms with Gasteiger partial charge in [0, 0.05) is 33.6 Å². The van der Waals surface area contributed by atoms with Crippen LogP contribution in [-0.2, 0) is 20.0 Å². The fourth-order valence-corrected chi connectivity index (χ4v) is 6.12. The summed E-state index contributed by atoms with van der Waals surface area (Å²) in [5.41, 5.74) is 3.24. The maximum Gasteiger partial charge on any atom is 0.264 e. The molecule has 4 N–H and O–H groups in total. The highest BCUT2D eigenvalue weighted by atomic mass is 32.2. The van der Waals surface area contributed by atoms with Gasteiger partial charge < -0.3 is 19.7 Å². The summed E-state index contributed by atoms with van der Waals surface area (Å²) < 4.78 is 65.7. The van der Waals surface area contributed by atoms with E-state index in [-0.39, 0.29) is 32.7 Å². The molecule has 16 heteroatoms. The number of hydrogen-bond donors (Lipinski definition) is 4. The van der Waals surface area contributed by atoms with E-state index in [2.05, 4.69) is 30.4 Å². The summed E-state index contributed by atoms with van der Waals surface area (Å²) in [6.07, 6.45) is 0. The summed E-state index contributed by atoms with van der Waals surface area (Å²) in [4.78, 5) is 25.7. The van der Waals surface area contributed by atoms with E-state index in [0.29, 0.717) is 33.9 Å². The van der Waals surface area contributed by atoms with Gasteiger partial charge in [0.2, 0.25) is 11.8 Å². The molecule has 0 aliphatic carbocycles. The van der Waals surface area contributed by atoms with Crippen LogP contribution in [0.4, 0.5) is 23.1 Å². The van der Waals surface area contributed by atoms with Gasteiger partial charge in [-0.15, -0.1) is 0 Å². The SMILES string of the molecule is Cc1noc(NS(=O)(=O)c2ccc(NC(=O)c3cccc(C(=O)Nc4ccc(S(=O)(=O)Nc5onc(C)c5C)cc4)c3)cc2)c1C. The topological polar surface area (TPSA) is 203 Å². The number of aryl methyl sites for hydroxylation is 2. The Labute approximate surface area is 264 Å². The Bertz CT molecular complexity index is 2000. The van der Waals surface area contributed by atoms with Gasteiger partial charge in [0.05, 0.1) is 21.2 Å². The van der Waals surface area contributed by atoms with Crippen LogP contribution in [0, 0.1) is 27.7 Å². The van der Waals surface area contributed by atoms with Gasteiger partial charge in [0.1, 0.15) is 0 Å². The Morgan fingerprint density at radius 3 is 1.28 bits per heavy atom. The average Bonchev–Trinajstić information content (AvgIpc) is 3.51. The largest absolute Gasteiger partial charge is 0.337 e. The quantitative estimate of drug-likeness (QED) is 0.157. The molecule has 5 rings (SSSR count). The highest BCUT2D eigenvalue weighted by Gasteiger charge is 2.21. The number of hydrogen-bond acceptors (Lipinski definition) is 10. The van der Waals surface area contributed by atoms with E-state index in [9.17, 15) is 26.4 Å². The first-order chi connectivity index (χ1) is 21.7. The van der Waals surface area contributed by atoms with Crippen molar-refractivity contribution in [2.24, 2.45) is 0 Å². The summed E-state index contributed by atoms with van der Waals surface area (Å²) in [6.45, 7) is 6.73. The molecule has 46 heavy (non-hydrogen) atoms. The third-order valence-corrected chi connectivity index (χ3v) is 9.69. The highest BCUT2D eigenvalue weighted by molar-refractivity contribution is 7.93. The van der Waals surface area contributed by atoms with Crippen molar-refractivity contribution in [3.05, 3.63) is 106 Å². The van der Waals surface area contributed by atoms with Gasteiger partial charge in [0.25, 0.3) is 31.9 Å². The zero-order valence-corrected chi connectivity index (χ0v) is 26.5. The van der Waals surface area contributed by atoms with E-state index in [0.717, 1.165) is 0 Å². The van der Waals surface area contributed by atoms with Crippen LogP contribution >= 0.6 is 0 Å². The van der Waals surface area contributed by atoms with Crippen LogP contribution in [0.3, 0.4) is 0 Å². The summed E-state index contributed by atoms with van der Waals surface area (Å²) in [5.74, 6) is -1.03. The van der Waals surface area contributed by atoms with Crippen LogP contribution in [0.5, 0.6) is 0 Å². The lowest BCUT2D eigenvalue weighted by Crippen LogP contribution is -2.16. The third-order valence-electron chi connectivity index (χ3n) is 7.00. The van der Waals surface area contributed by atoms with Gasteiger partial charge in [0.15, 0.2) is 0 Å². The zero-order valence-electron chi connectivity index (χ0n) is 24.9. The molecule has 3 aromatic carbocycles. The number of rotatable bonds is 10. The lowest BCUT2D eigenvalue weighted by molar-refractivity contribution is 0.102. The number of nitrogens with one attached hydrogen (secondary N) is 4. The van der Waals surface area contributed by atoms with Crippen molar-refractivity contribution >= 4 is 55.0 Å². The molecule has 0 atom stereocenters. The molecule has 2 heterocycles. The molecule has 0 fully saturated rings. The number of carbonyl (C=O) groups excluding carboxylic acids is 2. The first-order valence-corrected chi connectivity index (χ1v) is 16.5. The molecular weight excluding hydrogens is 636 g/mol. The Hall–Kier alpha value is -5.48. The average molecular weight is 665 g/mol. The van der Waals surface area contributed by atoms with Crippen LogP contribution in [-0.4, -0.2) is 39.0 Å². The van der Waals surface area contributed by atoms with Gasteiger partial charge in [-0.2, -0.15) is 0 Å². The van der Waals surface area contributed by atoms with Crippen LogP contribution in [0.2, 0.25) is 0 Å². The smallest absolute Gasteiger partial charge is 0.264 e. The van der Waals surface area contributed by atoms with Crippen LogP contribution < -0.4 is 20.1 Å². The summed E-state index contributed by atoms with van der Waals surface area (Å²) in [5, 5.41) is 12.8. The molecular formula is C30H28N6O8S2. The molecule has 0 radical (unpaired) electrons. The molecule has 14 nitrogen and oxygen atoms in total. The number of aromatic nitrogens is 2. The first-order valence-electron chi connectivity index (χ1n) is 13.6. The van der Waals surface area contributed by atoms with E-state index in [1.807, 2.05) is 0 Å². The number of sulfonamides is 2. The molecule has 0 bridgehead atoms. The minimum absolute atomic E-state index is 0.0187. The number of amides is 2. The number of anilines is 4. The maximum atomic E-state index is 12.9. The molecule has 0 aliphatic rings. The van der Waals surface area contributed by atoms with Crippen molar-refractivity contribution in [3.8, 4) is 0 Å². The Balaban J connectivity index is 1.21. The third kappa shape index (κ3) is 6.92. The molecule has 238 valence electrons. The van der Waals surface area contributed by atoms with E-state index in [1.165, 1.54) is 72.8 Å². The van der Waals surface area contributed by atoms with Gasteiger partial charge in [-0.25, -0.2) is 26.3 Å². The second kappa shape index (κ2) is 12.5. The van der Waals surface area contributed by atoms with Crippen LogP contribution in [0.1, 0.15) is 43.2 Å². The summed E-state index contributed by atoms with van der Waals surface area (Å²) >= 11 is 0. The fraction of sp³-hybridized carbons (Fsp3) is 0.133. The van der Waals surface area contributed by atoms with E-state index >= 15 is 0 Å². The molecule has 5 aromatic rings. The van der Waals surface area contributed by atoms with E-state index in [4.69, 9.17) is 9.05 Å². The fourth-order valence-electron chi connectivity index (χ4n) is 4.03. The Morgan fingerprint density at radius 2 is 0.957 bits per heavy atom. The number of nitrogens with zero attached hydrogens (tertiary/aromatic N) is 2. The summed E-state index contributed by atoms with van der Waals surface area (Å²) in [7, 11) is -7.93. The molecule has 0 saturated heterocycles. The van der Waals surface area contributed by atoms with E-state index in [1.54, 1.807) is 27.7 Å². The van der Waals surface area contributed by atoms with Crippen molar-refractivity contribution in [2.75, 3.05) is 20.1 Å². The normalized spacial score (nSPS) is 11.6. The predicted molar refractivity (Wildman–Crippen MR) is 169 cm³/mol. The molecule has 0 aliphatic heterocycles. The Morgan fingerprint density at radius 1 is 0.587 bits per heavy atom. The minimum atomic E-state index is -3.96. The molecule has 2 aromatic heterocycles.